The van der Waals surface area contributed by atoms with Gasteiger partial charge in [0.25, 0.3) is 0 Å². The highest BCUT2D eigenvalue weighted by Crippen LogP contribution is 2.25. The number of imidazole rings is 1. The smallest absolute Gasteiger partial charge is 0.213 e. The van der Waals surface area contributed by atoms with E-state index in [-0.39, 0.29) is 0 Å². The monoisotopic (exact) mass is 282 g/mol. The molecule has 0 unspecified atom stereocenters. The summed E-state index contributed by atoms with van der Waals surface area (Å²) < 4.78 is 6.65. The van der Waals surface area contributed by atoms with Gasteiger partial charge in [0.05, 0.1) is 23.0 Å². The fraction of sp³-hybridized carbons (Fsp3) is 0.182. The molecule has 0 aliphatic carbocycles. The van der Waals surface area contributed by atoms with Gasteiger partial charge in [-0.2, -0.15) is 4.98 Å². The van der Waals surface area contributed by atoms with Gasteiger partial charge in [-0.25, -0.2) is 4.98 Å². The molecule has 0 N–H and O–H groups in total. The lowest BCUT2D eigenvalue weighted by atomic mass is 10.3. The average molecular weight is 283 g/mol. The normalized spacial score (nSPS) is 11.2. The molecule has 1 aromatic carbocycles. The van der Waals surface area contributed by atoms with Crippen molar-refractivity contribution in [1.29, 1.82) is 0 Å². The lowest BCUT2D eigenvalue weighted by molar-refractivity contribution is 0.408. The molecule has 0 aliphatic rings. The summed E-state index contributed by atoms with van der Waals surface area (Å²) in [6.07, 6.45) is 1.29. The van der Waals surface area contributed by atoms with E-state index in [1.165, 1.54) is 6.39 Å². The Bertz CT molecular complexity index is 678. The molecule has 5 nitrogen and oxygen atoms in total. The Morgan fingerprint density at radius 3 is 2.94 bits per heavy atom. The molecule has 0 radical (unpaired) electrons. The Hall–Kier alpha value is -1.59. The summed E-state index contributed by atoms with van der Waals surface area (Å²) in [5.41, 5.74) is 1.64. The molecule has 3 aromatic rings. The Morgan fingerprint density at radius 2 is 2.22 bits per heavy atom. The van der Waals surface area contributed by atoms with E-state index in [0.29, 0.717) is 23.3 Å². The Labute approximate surface area is 112 Å². The molecule has 0 saturated carbocycles. The highest BCUT2D eigenvalue weighted by atomic mass is 35.5. The van der Waals surface area contributed by atoms with Crippen molar-refractivity contribution < 1.29 is 4.52 Å². The maximum absolute atomic E-state index is 6.11. The topological polar surface area (TPSA) is 56.7 Å². The number of hydrogen-bond donors (Lipinski definition) is 0. The number of nitrogens with zero attached hydrogens (tertiary/aromatic N) is 4. The molecule has 3 rings (SSSR count). The minimum Gasteiger partial charge on any atom is -0.343 e. The van der Waals surface area contributed by atoms with Crippen LogP contribution in [0.2, 0.25) is 5.02 Å². The summed E-state index contributed by atoms with van der Waals surface area (Å²) in [5.74, 6) is 1.59. The van der Waals surface area contributed by atoms with Gasteiger partial charge < -0.3 is 9.09 Å². The van der Waals surface area contributed by atoms with Crippen molar-refractivity contribution in [3.05, 3.63) is 41.3 Å². The van der Waals surface area contributed by atoms with Crippen molar-refractivity contribution >= 4 is 34.2 Å². The van der Waals surface area contributed by atoms with Crippen molar-refractivity contribution in [3.8, 4) is 0 Å². The maximum Gasteiger partial charge on any atom is 0.213 e. The third kappa shape index (κ3) is 1.85. The van der Waals surface area contributed by atoms with Crippen LogP contribution in [0.25, 0.3) is 11.0 Å². The first-order chi connectivity index (χ1) is 8.79. The third-order valence-corrected chi connectivity index (χ3v) is 3.18. The molecule has 7 heteroatoms. The predicted octanol–water partition coefficient (Wildman–Crippen LogP) is 2.86. The van der Waals surface area contributed by atoms with Gasteiger partial charge in [0.1, 0.15) is 11.3 Å². The van der Waals surface area contributed by atoms with Gasteiger partial charge in [-0.3, -0.25) is 0 Å². The molecule has 92 valence electrons. The SMILES string of the molecule is ClCc1nc2c(Cl)cccc2n1Cc1ncon1. The Morgan fingerprint density at radius 1 is 1.33 bits per heavy atom. The van der Waals surface area contributed by atoms with Gasteiger partial charge in [-0.05, 0) is 12.1 Å². The van der Waals surface area contributed by atoms with E-state index in [0.717, 1.165) is 16.9 Å². The largest absolute Gasteiger partial charge is 0.343 e. The van der Waals surface area contributed by atoms with Crippen LogP contribution in [-0.4, -0.2) is 19.7 Å². The summed E-state index contributed by atoms with van der Waals surface area (Å²) in [5, 5.41) is 4.39. The second-order valence-electron chi connectivity index (χ2n) is 3.70. The molecule has 0 atom stereocenters. The first-order valence-electron chi connectivity index (χ1n) is 5.24. The fourth-order valence-electron chi connectivity index (χ4n) is 1.84. The third-order valence-electron chi connectivity index (χ3n) is 2.63. The number of benzene rings is 1. The lowest BCUT2D eigenvalue weighted by Gasteiger charge is -2.03. The predicted molar refractivity (Wildman–Crippen MR) is 67.7 cm³/mol. The standard InChI is InChI=1S/C11H8Cl2N4O/c12-4-10-15-11-7(13)2-1-3-8(11)17(10)5-9-14-6-18-16-9/h1-3,6H,4-5H2. The van der Waals surface area contributed by atoms with Crippen LogP contribution >= 0.6 is 23.2 Å². The van der Waals surface area contributed by atoms with Crippen LogP contribution < -0.4 is 0 Å². The molecule has 0 fully saturated rings. The van der Waals surface area contributed by atoms with Gasteiger partial charge in [0.2, 0.25) is 6.39 Å². The van der Waals surface area contributed by atoms with E-state index >= 15 is 0 Å². The molecule has 2 aromatic heterocycles. The van der Waals surface area contributed by atoms with Gasteiger partial charge in [0, 0.05) is 0 Å². The minimum atomic E-state index is 0.295. The number of aromatic nitrogens is 4. The van der Waals surface area contributed by atoms with Crippen LogP contribution in [0.1, 0.15) is 11.6 Å². The number of halogens is 2. The zero-order chi connectivity index (χ0) is 12.5. The summed E-state index contributed by atoms with van der Waals surface area (Å²) in [6.45, 7) is 0.454. The summed E-state index contributed by atoms with van der Waals surface area (Å²) in [7, 11) is 0. The van der Waals surface area contributed by atoms with E-state index < -0.39 is 0 Å². The molecule has 0 bridgehead atoms. The van der Waals surface area contributed by atoms with E-state index in [1.807, 2.05) is 16.7 Å². The molecule has 0 aliphatic heterocycles. The number of para-hydroxylation sites is 1. The van der Waals surface area contributed by atoms with Crippen molar-refractivity contribution in [3.63, 3.8) is 0 Å². The second-order valence-corrected chi connectivity index (χ2v) is 4.38. The fourth-order valence-corrected chi connectivity index (χ4v) is 2.26. The van der Waals surface area contributed by atoms with Crippen molar-refractivity contribution in [2.45, 2.75) is 12.4 Å². The van der Waals surface area contributed by atoms with Crippen molar-refractivity contribution in [1.82, 2.24) is 19.7 Å². The van der Waals surface area contributed by atoms with Gasteiger partial charge in [0.15, 0.2) is 5.82 Å². The van der Waals surface area contributed by atoms with Crippen molar-refractivity contribution in [2.75, 3.05) is 0 Å². The lowest BCUT2D eigenvalue weighted by Crippen LogP contribution is -2.05. The molecule has 0 saturated heterocycles. The summed E-state index contributed by atoms with van der Waals surface area (Å²) in [6, 6.07) is 5.61. The number of fused-ring (bicyclic) bond motifs is 1. The summed E-state index contributed by atoms with van der Waals surface area (Å²) >= 11 is 12.0. The van der Waals surface area contributed by atoms with Gasteiger partial charge in [-0.1, -0.05) is 22.8 Å². The molecule has 2 heterocycles. The van der Waals surface area contributed by atoms with Crippen LogP contribution in [0, 0.1) is 0 Å². The van der Waals surface area contributed by atoms with Crippen LogP contribution in [-0.2, 0) is 12.4 Å². The van der Waals surface area contributed by atoms with Gasteiger partial charge >= 0.3 is 0 Å². The summed E-state index contributed by atoms with van der Waals surface area (Å²) in [4.78, 5) is 8.42. The number of alkyl halides is 1. The molecule has 18 heavy (non-hydrogen) atoms. The second kappa shape index (κ2) is 4.59. The van der Waals surface area contributed by atoms with Crippen LogP contribution in [0.5, 0.6) is 0 Å². The highest BCUT2D eigenvalue weighted by molar-refractivity contribution is 6.35. The van der Waals surface area contributed by atoms with E-state index in [4.69, 9.17) is 27.7 Å². The number of rotatable bonds is 3. The quantitative estimate of drug-likeness (QED) is 0.693. The minimum absolute atomic E-state index is 0.295. The first-order valence-corrected chi connectivity index (χ1v) is 6.15. The number of hydrogen-bond acceptors (Lipinski definition) is 4. The zero-order valence-electron chi connectivity index (χ0n) is 9.18. The highest BCUT2D eigenvalue weighted by Gasteiger charge is 2.13. The molecule has 0 amide bonds. The molecular weight excluding hydrogens is 275 g/mol. The van der Waals surface area contributed by atoms with E-state index in [9.17, 15) is 0 Å². The maximum atomic E-state index is 6.11. The van der Waals surface area contributed by atoms with E-state index in [1.54, 1.807) is 6.07 Å². The zero-order valence-corrected chi connectivity index (χ0v) is 10.7. The van der Waals surface area contributed by atoms with E-state index in [2.05, 4.69) is 15.1 Å². The Kier molecular flexibility index (Phi) is 2.93. The van der Waals surface area contributed by atoms with Gasteiger partial charge in [-0.15, -0.1) is 11.6 Å². The van der Waals surface area contributed by atoms with Crippen LogP contribution in [0.3, 0.4) is 0 Å². The molecular formula is C11H8Cl2N4O. The Balaban J connectivity index is 2.17. The van der Waals surface area contributed by atoms with Crippen LogP contribution in [0.15, 0.2) is 29.1 Å². The first kappa shape index (κ1) is 11.5. The average Bonchev–Trinajstić information content (AvgIpc) is 2.99. The van der Waals surface area contributed by atoms with Crippen LogP contribution in [0.4, 0.5) is 0 Å². The molecule has 0 spiro atoms. The van der Waals surface area contributed by atoms with Crippen molar-refractivity contribution in [2.24, 2.45) is 0 Å².